The molecule has 0 amide bonds. The van der Waals surface area contributed by atoms with Crippen molar-refractivity contribution in [3.63, 3.8) is 0 Å². The molecule has 0 N–H and O–H groups in total. The monoisotopic (exact) mass is 228 g/mol. The molecule has 88 valence electrons. The van der Waals surface area contributed by atoms with Crippen LogP contribution < -0.4 is 0 Å². The lowest BCUT2D eigenvalue weighted by Crippen LogP contribution is -1.92. The molecule has 2 rings (SSSR count). The van der Waals surface area contributed by atoms with Crippen LogP contribution in [0, 0.1) is 12.7 Å². The van der Waals surface area contributed by atoms with Crippen molar-refractivity contribution in [2.24, 2.45) is 0 Å². The number of rotatable bonds is 2. The van der Waals surface area contributed by atoms with Gasteiger partial charge in [-0.3, -0.25) is 0 Å². The molecule has 0 aromatic heterocycles. The number of hydrogen-bond donors (Lipinski definition) is 0. The molecule has 0 unspecified atom stereocenters. The first-order valence-electron chi connectivity index (χ1n) is 5.94. The van der Waals surface area contributed by atoms with E-state index in [4.69, 9.17) is 0 Å². The molecule has 0 saturated carbocycles. The summed E-state index contributed by atoms with van der Waals surface area (Å²) in [6.07, 6.45) is 0. The Kier molecular flexibility index (Phi) is 3.28. The molecular formula is C16H17F. The molecule has 1 heteroatoms. The molecule has 0 aliphatic heterocycles. The largest absolute Gasteiger partial charge is 0.207 e. The van der Waals surface area contributed by atoms with Gasteiger partial charge in [0.25, 0.3) is 0 Å². The second kappa shape index (κ2) is 4.70. The Hall–Kier alpha value is -1.63. The van der Waals surface area contributed by atoms with Crippen molar-refractivity contribution in [1.29, 1.82) is 0 Å². The summed E-state index contributed by atoms with van der Waals surface area (Å²) in [5.41, 5.74) is 4.64. The second-order valence-corrected chi connectivity index (χ2v) is 4.74. The van der Waals surface area contributed by atoms with Gasteiger partial charge in [-0.1, -0.05) is 44.2 Å². The Morgan fingerprint density at radius 1 is 0.941 bits per heavy atom. The van der Waals surface area contributed by atoms with Gasteiger partial charge in [0.15, 0.2) is 0 Å². The zero-order chi connectivity index (χ0) is 12.4. The molecule has 0 atom stereocenters. The normalized spacial score (nSPS) is 10.9. The van der Waals surface area contributed by atoms with Crippen molar-refractivity contribution in [3.05, 3.63) is 59.4 Å². The maximum atomic E-state index is 13.2. The van der Waals surface area contributed by atoms with E-state index in [9.17, 15) is 4.39 Å². The Morgan fingerprint density at radius 2 is 1.65 bits per heavy atom. The summed E-state index contributed by atoms with van der Waals surface area (Å²) in [7, 11) is 0. The molecule has 0 fully saturated rings. The zero-order valence-electron chi connectivity index (χ0n) is 10.5. The first-order chi connectivity index (χ1) is 8.08. The summed E-state index contributed by atoms with van der Waals surface area (Å²) in [5, 5.41) is 0. The van der Waals surface area contributed by atoms with Crippen molar-refractivity contribution >= 4 is 0 Å². The third-order valence-corrected chi connectivity index (χ3v) is 3.06. The summed E-state index contributed by atoms with van der Waals surface area (Å²) >= 11 is 0. The fraction of sp³-hybridized carbons (Fsp3) is 0.250. The van der Waals surface area contributed by atoms with Crippen LogP contribution in [0.15, 0.2) is 42.5 Å². The molecule has 0 nitrogen and oxygen atoms in total. The lowest BCUT2D eigenvalue weighted by atomic mass is 9.93. The summed E-state index contributed by atoms with van der Waals surface area (Å²) < 4.78 is 13.2. The van der Waals surface area contributed by atoms with Crippen LogP contribution in [-0.4, -0.2) is 0 Å². The molecule has 0 spiro atoms. The summed E-state index contributed by atoms with van der Waals surface area (Å²) in [5.74, 6) is 0.303. The Labute approximate surface area is 102 Å². The molecule has 17 heavy (non-hydrogen) atoms. The summed E-state index contributed by atoms with van der Waals surface area (Å²) in [6.45, 7) is 6.47. The van der Waals surface area contributed by atoms with Crippen molar-refractivity contribution in [2.75, 3.05) is 0 Å². The quantitative estimate of drug-likeness (QED) is 0.684. The predicted octanol–water partition coefficient (Wildman–Crippen LogP) is 4.92. The van der Waals surface area contributed by atoms with Crippen molar-refractivity contribution in [1.82, 2.24) is 0 Å². The van der Waals surface area contributed by atoms with Gasteiger partial charge >= 0.3 is 0 Å². The third kappa shape index (κ3) is 2.55. The minimum atomic E-state index is -0.186. The Bertz CT molecular complexity index is 527. The third-order valence-electron chi connectivity index (χ3n) is 3.06. The molecule has 0 heterocycles. The minimum Gasteiger partial charge on any atom is -0.207 e. The highest BCUT2D eigenvalue weighted by Gasteiger charge is 2.06. The molecule has 2 aromatic rings. The van der Waals surface area contributed by atoms with Gasteiger partial charge in [0.2, 0.25) is 0 Å². The maximum absolute atomic E-state index is 13.2. The van der Waals surface area contributed by atoms with Gasteiger partial charge in [-0.05, 0) is 47.2 Å². The molecule has 0 bridgehead atoms. The van der Waals surface area contributed by atoms with E-state index in [1.54, 1.807) is 12.1 Å². The first-order valence-corrected chi connectivity index (χ1v) is 5.94. The van der Waals surface area contributed by atoms with E-state index >= 15 is 0 Å². The van der Waals surface area contributed by atoms with E-state index in [1.807, 2.05) is 6.07 Å². The van der Waals surface area contributed by atoms with E-state index in [1.165, 1.54) is 17.2 Å². The molecule has 0 radical (unpaired) electrons. The van der Waals surface area contributed by atoms with E-state index in [2.05, 4.69) is 39.0 Å². The fourth-order valence-corrected chi connectivity index (χ4v) is 2.11. The molecular weight excluding hydrogens is 211 g/mol. The minimum absolute atomic E-state index is 0.186. The predicted molar refractivity (Wildman–Crippen MR) is 70.7 cm³/mol. The van der Waals surface area contributed by atoms with Gasteiger partial charge in [-0.2, -0.15) is 0 Å². The van der Waals surface area contributed by atoms with Gasteiger partial charge in [0.1, 0.15) is 5.82 Å². The number of halogens is 1. The Morgan fingerprint density at radius 3 is 2.29 bits per heavy atom. The van der Waals surface area contributed by atoms with E-state index in [-0.39, 0.29) is 5.82 Å². The topological polar surface area (TPSA) is 0 Å². The van der Waals surface area contributed by atoms with Crippen molar-refractivity contribution in [3.8, 4) is 11.1 Å². The fourth-order valence-electron chi connectivity index (χ4n) is 2.11. The standard InChI is InChI=1S/C16H17F/c1-11(2)16-10-14(8-7-12(16)3)13-5-4-6-15(17)9-13/h4-11H,1-3H3. The van der Waals surface area contributed by atoms with Crippen LogP contribution in [0.25, 0.3) is 11.1 Å². The van der Waals surface area contributed by atoms with E-state index in [0.29, 0.717) is 5.92 Å². The molecule has 0 aliphatic rings. The van der Waals surface area contributed by atoms with E-state index in [0.717, 1.165) is 11.1 Å². The zero-order valence-corrected chi connectivity index (χ0v) is 10.5. The number of hydrogen-bond acceptors (Lipinski definition) is 0. The molecule has 0 aliphatic carbocycles. The lowest BCUT2D eigenvalue weighted by molar-refractivity contribution is 0.628. The van der Waals surface area contributed by atoms with Gasteiger partial charge in [0.05, 0.1) is 0 Å². The molecule has 2 aromatic carbocycles. The molecule has 0 saturated heterocycles. The van der Waals surface area contributed by atoms with Crippen molar-refractivity contribution in [2.45, 2.75) is 26.7 Å². The average molecular weight is 228 g/mol. The summed E-state index contributed by atoms with van der Waals surface area (Å²) in [4.78, 5) is 0. The van der Waals surface area contributed by atoms with Gasteiger partial charge < -0.3 is 0 Å². The maximum Gasteiger partial charge on any atom is 0.123 e. The second-order valence-electron chi connectivity index (χ2n) is 4.74. The van der Waals surface area contributed by atoms with Gasteiger partial charge in [-0.25, -0.2) is 4.39 Å². The average Bonchev–Trinajstić information content (AvgIpc) is 2.29. The van der Waals surface area contributed by atoms with Crippen LogP contribution in [0.4, 0.5) is 4.39 Å². The van der Waals surface area contributed by atoms with Gasteiger partial charge in [-0.15, -0.1) is 0 Å². The highest BCUT2D eigenvalue weighted by Crippen LogP contribution is 2.26. The van der Waals surface area contributed by atoms with Crippen LogP contribution in [0.5, 0.6) is 0 Å². The lowest BCUT2D eigenvalue weighted by Gasteiger charge is -2.12. The SMILES string of the molecule is Cc1ccc(-c2cccc(F)c2)cc1C(C)C. The smallest absolute Gasteiger partial charge is 0.123 e. The van der Waals surface area contributed by atoms with Gasteiger partial charge in [0, 0.05) is 0 Å². The number of benzene rings is 2. The highest BCUT2D eigenvalue weighted by atomic mass is 19.1. The van der Waals surface area contributed by atoms with Crippen LogP contribution in [0.1, 0.15) is 30.9 Å². The Balaban J connectivity index is 2.50. The highest BCUT2D eigenvalue weighted by molar-refractivity contribution is 5.65. The van der Waals surface area contributed by atoms with Crippen LogP contribution in [-0.2, 0) is 0 Å². The number of aryl methyl sites for hydroxylation is 1. The van der Waals surface area contributed by atoms with Crippen molar-refractivity contribution < 1.29 is 4.39 Å². The first kappa shape index (κ1) is 11.8. The van der Waals surface area contributed by atoms with E-state index < -0.39 is 0 Å². The van der Waals surface area contributed by atoms with Crippen LogP contribution in [0.3, 0.4) is 0 Å². The van der Waals surface area contributed by atoms with Crippen LogP contribution in [0.2, 0.25) is 0 Å². The van der Waals surface area contributed by atoms with Crippen LogP contribution >= 0.6 is 0 Å². The summed E-state index contributed by atoms with van der Waals surface area (Å²) in [6, 6.07) is 13.1.